The number of urea groups is 1. The lowest BCUT2D eigenvalue weighted by Crippen LogP contribution is -2.25. The molecule has 1 heterocycles. The summed E-state index contributed by atoms with van der Waals surface area (Å²) >= 11 is 9.31. The smallest absolute Gasteiger partial charge is 0.313 e. The van der Waals surface area contributed by atoms with Crippen LogP contribution < -0.4 is 5.32 Å². The molecule has 1 atom stereocenters. The molecule has 16 heavy (non-hydrogen) atoms. The summed E-state index contributed by atoms with van der Waals surface area (Å²) in [6.07, 6.45) is 0. The monoisotopic (exact) mass is 301 g/mol. The molecule has 1 aliphatic rings. The Bertz CT molecular complexity index is 477. The molecular weight excluding hydrogens is 293 g/mol. The second-order valence-corrected chi connectivity index (χ2v) is 4.81. The van der Waals surface area contributed by atoms with Crippen LogP contribution in [-0.2, 0) is 0 Å². The molecule has 0 saturated carbocycles. The molecule has 0 bridgehead atoms. The second kappa shape index (κ2) is 4.07. The number of likely N-dealkylation sites (N-methyl/N-ethyl adjacent to an activating group) is 1. The number of halogens is 2. The molecule has 84 valence electrons. The molecular formula is C10H9BrClN3O. The minimum Gasteiger partial charge on any atom is -0.313 e. The van der Waals surface area contributed by atoms with E-state index in [4.69, 9.17) is 17.0 Å². The molecule has 2 amide bonds. The summed E-state index contributed by atoms with van der Waals surface area (Å²) < 4.78 is 0.829. The Labute approximate surface area is 106 Å². The van der Waals surface area contributed by atoms with Crippen molar-refractivity contribution >= 4 is 39.4 Å². The summed E-state index contributed by atoms with van der Waals surface area (Å²) in [6, 6.07) is 4.63. The van der Waals surface area contributed by atoms with Gasteiger partial charge in [0.25, 0.3) is 0 Å². The number of amides is 2. The fourth-order valence-electron chi connectivity index (χ4n) is 1.67. The van der Waals surface area contributed by atoms with Crippen molar-refractivity contribution in [2.75, 3.05) is 7.05 Å². The lowest BCUT2D eigenvalue weighted by Gasteiger charge is -2.19. The van der Waals surface area contributed by atoms with Crippen molar-refractivity contribution in [2.45, 2.75) is 6.04 Å². The number of nitrogens with zero attached hydrogens (tertiary/aromatic N) is 1. The third kappa shape index (κ3) is 1.81. The van der Waals surface area contributed by atoms with Crippen molar-refractivity contribution in [2.24, 2.45) is 0 Å². The van der Waals surface area contributed by atoms with Gasteiger partial charge >= 0.3 is 6.03 Å². The molecule has 4 nitrogen and oxygen atoms in total. The highest BCUT2D eigenvalue weighted by molar-refractivity contribution is 9.10. The molecule has 1 saturated heterocycles. The summed E-state index contributed by atoms with van der Waals surface area (Å²) in [5, 5.41) is 10.8. The molecule has 1 fully saturated rings. The molecule has 0 aromatic heterocycles. The van der Waals surface area contributed by atoms with Crippen LogP contribution in [0.1, 0.15) is 11.6 Å². The van der Waals surface area contributed by atoms with E-state index in [1.54, 1.807) is 19.2 Å². The largest absolute Gasteiger partial charge is 0.323 e. The number of carbonyl (C=O) groups excluding carboxylic acids is 1. The maximum atomic E-state index is 11.4. The van der Waals surface area contributed by atoms with E-state index in [2.05, 4.69) is 21.2 Å². The van der Waals surface area contributed by atoms with Crippen LogP contribution in [0.2, 0.25) is 5.02 Å². The van der Waals surface area contributed by atoms with E-state index in [9.17, 15) is 4.79 Å². The van der Waals surface area contributed by atoms with Gasteiger partial charge in [-0.15, -0.1) is 0 Å². The Morgan fingerprint density at radius 1 is 1.56 bits per heavy atom. The van der Waals surface area contributed by atoms with E-state index in [1.165, 1.54) is 4.90 Å². The van der Waals surface area contributed by atoms with Crippen molar-refractivity contribution in [3.05, 3.63) is 33.3 Å². The van der Waals surface area contributed by atoms with Gasteiger partial charge in [0.2, 0.25) is 0 Å². The molecule has 2 N–H and O–H groups in total. The number of hydrogen-bond acceptors (Lipinski definition) is 2. The van der Waals surface area contributed by atoms with Crippen LogP contribution in [-0.4, -0.2) is 23.8 Å². The average Bonchev–Trinajstić information content (AvgIpc) is 2.46. The zero-order valence-electron chi connectivity index (χ0n) is 8.42. The van der Waals surface area contributed by atoms with Gasteiger partial charge in [0.1, 0.15) is 11.9 Å². The maximum Gasteiger partial charge on any atom is 0.323 e. The summed E-state index contributed by atoms with van der Waals surface area (Å²) in [5.74, 6) is 0.162. The lowest BCUT2D eigenvalue weighted by atomic mass is 10.1. The number of carbonyl (C=O) groups is 1. The highest BCUT2D eigenvalue weighted by Crippen LogP contribution is 2.32. The van der Waals surface area contributed by atoms with Crippen LogP contribution in [0.5, 0.6) is 0 Å². The standard InChI is InChI=1S/C10H9BrClN3O/c1-15-8(9(13)14-10(15)16)6-4-5(12)2-3-7(6)11/h2-4,8H,1H3,(H2,13,14,16). The van der Waals surface area contributed by atoms with Crippen LogP contribution in [0.25, 0.3) is 0 Å². The molecule has 6 heteroatoms. The SMILES string of the molecule is CN1C(=O)NC(=N)C1c1cc(Cl)ccc1Br. The highest BCUT2D eigenvalue weighted by atomic mass is 79.9. The van der Waals surface area contributed by atoms with Gasteiger partial charge in [-0.25, -0.2) is 4.79 Å². The Kier molecular flexibility index (Phi) is 2.90. The number of benzene rings is 1. The first-order valence-corrected chi connectivity index (χ1v) is 5.75. The molecule has 1 aliphatic heterocycles. The summed E-state index contributed by atoms with van der Waals surface area (Å²) in [6.45, 7) is 0. The van der Waals surface area contributed by atoms with Crippen molar-refractivity contribution in [3.8, 4) is 0 Å². The zero-order chi connectivity index (χ0) is 11.9. The Balaban J connectivity index is 2.48. The summed E-state index contributed by atoms with van der Waals surface area (Å²) in [4.78, 5) is 12.9. The van der Waals surface area contributed by atoms with Gasteiger partial charge in [0, 0.05) is 16.5 Å². The highest BCUT2D eigenvalue weighted by Gasteiger charge is 2.35. The van der Waals surface area contributed by atoms with E-state index in [0.29, 0.717) is 5.02 Å². The predicted molar refractivity (Wildman–Crippen MR) is 65.9 cm³/mol. The first-order chi connectivity index (χ1) is 7.50. The van der Waals surface area contributed by atoms with Gasteiger partial charge in [-0.1, -0.05) is 27.5 Å². The van der Waals surface area contributed by atoms with E-state index in [0.717, 1.165) is 10.0 Å². The molecule has 1 unspecified atom stereocenters. The number of hydrogen-bond donors (Lipinski definition) is 2. The second-order valence-electron chi connectivity index (χ2n) is 3.52. The summed E-state index contributed by atoms with van der Waals surface area (Å²) in [7, 11) is 1.65. The van der Waals surface area contributed by atoms with Crippen molar-refractivity contribution in [1.82, 2.24) is 10.2 Å². The lowest BCUT2D eigenvalue weighted by molar-refractivity contribution is 0.217. The topological polar surface area (TPSA) is 56.2 Å². The minimum atomic E-state index is -0.402. The van der Waals surface area contributed by atoms with Crippen LogP contribution in [0.4, 0.5) is 4.79 Å². The average molecular weight is 303 g/mol. The van der Waals surface area contributed by atoms with Gasteiger partial charge < -0.3 is 4.90 Å². The van der Waals surface area contributed by atoms with Crippen molar-refractivity contribution in [1.29, 1.82) is 5.41 Å². The predicted octanol–water partition coefficient (Wildman–Crippen LogP) is 2.78. The number of nitrogens with one attached hydrogen (secondary N) is 2. The molecule has 1 aromatic rings. The normalized spacial score (nSPS) is 20.2. The first kappa shape index (κ1) is 11.4. The molecule has 0 radical (unpaired) electrons. The number of rotatable bonds is 1. The van der Waals surface area contributed by atoms with Crippen LogP contribution in [0, 0.1) is 5.41 Å². The fraction of sp³-hybridized carbons (Fsp3) is 0.200. The third-order valence-corrected chi connectivity index (χ3v) is 3.43. The minimum absolute atomic E-state index is 0.162. The Morgan fingerprint density at radius 3 is 2.81 bits per heavy atom. The molecule has 2 rings (SSSR count). The van der Waals surface area contributed by atoms with Crippen LogP contribution in [0.15, 0.2) is 22.7 Å². The quantitative estimate of drug-likeness (QED) is 0.823. The van der Waals surface area contributed by atoms with Gasteiger partial charge in [0.05, 0.1) is 0 Å². The molecule has 0 spiro atoms. The zero-order valence-corrected chi connectivity index (χ0v) is 10.8. The Morgan fingerprint density at radius 2 is 2.25 bits per heavy atom. The maximum absolute atomic E-state index is 11.4. The number of amidine groups is 1. The van der Waals surface area contributed by atoms with Gasteiger partial charge in [0.15, 0.2) is 0 Å². The van der Waals surface area contributed by atoms with E-state index < -0.39 is 6.04 Å². The summed E-state index contributed by atoms with van der Waals surface area (Å²) in [5.41, 5.74) is 0.804. The molecule has 0 aliphatic carbocycles. The van der Waals surface area contributed by atoms with E-state index in [1.807, 2.05) is 6.07 Å². The molecule has 1 aromatic carbocycles. The van der Waals surface area contributed by atoms with Crippen LogP contribution >= 0.6 is 27.5 Å². The van der Waals surface area contributed by atoms with Crippen molar-refractivity contribution < 1.29 is 4.79 Å². The first-order valence-electron chi connectivity index (χ1n) is 4.58. The van der Waals surface area contributed by atoms with Gasteiger partial charge in [-0.2, -0.15) is 0 Å². The third-order valence-electron chi connectivity index (χ3n) is 2.48. The van der Waals surface area contributed by atoms with Crippen molar-refractivity contribution in [3.63, 3.8) is 0 Å². The fourth-order valence-corrected chi connectivity index (χ4v) is 2.31. The van der Waals surface area contributed by atoms with E-state index >= 15 is 0 Å². The Hall–Kier alpha value is -1.07. The van der Waals surface area contributed by atoms with E-state index in [-0.39, 0.29) is 11.9 Å². The van der Waals surface area contributed by atoms with Gasteiger partial charge in [-0.05, 0) is 23.8 Å². The van der Waals surface area contributed by atoms with Gasteiger partial charge in [-0.3, -0.25) is 10.7 Å². The van der Waals surface area contributed by atoms with Crippen LogP contribution in [0.3, 0.4) is 0 Å².